The SMILES string of the molecule is Cl.N[C@H](c1ccccc1Sc1ccc(Cl)cc1)[C@@H](O)Cc1ccccc1. The summed E-state index contributed by atoms with van der Waals surface area (Å²) in [6.45, 7) is 0. The van der Waals surface area contributed by atoms with Gasteiger partial charge in [0.15, 0.2) is 0 Å². The summed E-state index contributed by atoms with van der Waals surface area (Å²) in [6, 6.07) is 25.1. The number of hydrogen-bond acceptors (Lipinski definition) is 3. The van der Waals surface area contributed by atoms with Crippen LogP contribution >= 0.6 is 35.8 Å². The molecule has 3 N–H and O–H groups in total. The second-order valence-electron chi connectivity index (χ2n) is 5.88. The molecule has 5 heteroatoms. The second-order valence-corrected chi connectivity index (χ2v) is 7.43. The molecule has 0 radical (unpaired) electrons. The van der Waals surface area contributed by atoms with Gasteiger partial charge in [0.25, 0.3) is 0 Å². The number of aliphatic hydroxyl groups is 1. The molecular formula is C21H21Cl2NOS. The van der Waals surface area contributed by atoms with Crippen molar-refractivity contribution in [3.05, 3.63) is 95.0 Å². The fourth-order valence-corrected chi connectivity index (χ4v) is 3.79. The van der Waals surface area contributed by atoms with E-state index in [9.17, 15) is 5.11 Å². The van der Waals surface area contributed by atoms with Crippen molar-refractivity contribution in [1.29, 1.82) is 0 Å². The minimum Gasteiger partial charge on any atom is -0.391 e. The zero-order valence-electron chi connectivity index (χ0n) is 14.1. The number of nitrogens with two attached hydrogens (primary N) is 1. The van der Waals surface area contributed by atoms with Gasteiger partial charge < -0.3 is 10.8 Å². The Kier molecular flexibility index (Phi) is 8.01. The van der Waals surface area contributed by atoms with Gasteiger partial charge in [0.1, 0.15) is 0 Å². The fourth-order valence-electron chi connectivity index (χ4n) is 2.67. The lowest BCUT2D eigenvalue weighted by Crippen LogP contribution is -2.28. The van der Waals surface area contributed by atoms with Crippen LogP contribution < -0.4 is 5.73 Å². The van der Waals surface area contributed by atoms with Gasteiger partial charge in [-0.15, -0.1) is 12.4 Å². The maximum absolute atomic E-state index is 10.6. The molecule has 0 fully saturated rings. The zero-order chi connectivity index (χ0) is 17.6. The molecule has 0 amide bonds. The quantitative estimate of drug-likeness (QED) is 0.567. The van der Waals surface area contributed by atoms with Gasteiger partial charge in [0.2, 0.25) is 0 Å². The average molecular weight is 406 g/mol. The van der Waals surface area contributed by atoms with Crippen LogP contribution in [0.2, 0.25) is 5.02 Å². The van der Waals surface area contributed by atoms with Crippen molar-refractivity contribution in [2.24, 2.45) is 5.73 Å². The van der Waals surface area contributed by atoms with Crippen LogP contribution in [0.25, 0.3) is 0 Å². The van der Waals surface area contributed by atoms with Gasteiger partial charge >= 0.3 is 0 Å². The molecule has 0 bridgehead atoms. The molecule has 26 heavy (non-hydrogen) atoms. The van der Waals surface area contributed by atoms with Gasteiger partial charge in [0, 0.05) is 21.2 Å². The molecule has 136 valence electrons. The highest BCUT2D eigenvalue weighted by atomic mass is 35.5. The van der Waals surface area contributed by atoms with Crippen LogP contribution in [0.3, 0.4) is 0 Å². The van der Waals surface area contributed by atoms with E-state index in [0.717, 1.165) is 20.9 Å². The maximum atomic E-state index is 10.6. The average Bonchev–Trinajstić information content (AvgIpc) is 2.64. The van der Waals surface area contributed by atoms with E-state index in [0.29, 0.717) is 11.4 Å². The van der Waals surface area contributed by atoms with Crippen LogP contribution in [0.4, 0.5) is 0 Å². The van der Waals surface area contributed by atoms with E-state index in [1.807, 2.05) is 78.9 Å². The van der Waals surface area contributed by atoms with Gasteiger partial charge in [-0.1, -0.05) is 71.9 Å². The largest absolute Gasteiger partial charge is 0.391 e. The van der Waals surface area contributed by atoms with Crippen molar-refractivity contribution < 1.29 is 5.11 Å². The Bertz CT molecular complexity index is 812. The molecule has 2 atom stereocenters. The van der Waals surface area contributed by atoms with Crippen molar-refractivity contribution in [2.75, 3.05) is 0 Å². The molecule has 0 aromatic heterocycles. The predicted molar refractivity (Wildman–Crippen MR) is 112 cm³/mol. The van der Waals surface area contributed by atoms with E-state index < -0.39 is 12.1 Å². The molecule has 0 aliphatic carbocycles. The normalized spacial score (nSPS) is 12.9. The summed E-state index contributed by atoms with van der Waals surface area (Å²) in [6.07, 6.45) is -0.114. The molecule has 0 unspecified atom stereocenters. The summed E-state index contributed by atoms with van der Waals surface area (Å²) in [7, 11) is 0. The first-order valence-corrected chi connectivity index (χ1v) is 9.33. The van der Waals surface area contributed by atoms with Crippen LogP contribution in [-0.2, 0) is 6.42 Å². The molecule has 0 saturated carbocycles. The predicted octanol–water partition coefficient (Wildman–Crippen LogP) is 5.52. The van der Waals surface area contributed by atoms with Crippen molar-refractivity contribution in [1.82, 2.24) is 0 Å². The number of rotatable bonds is 6. The molecule has 0 aliphatic heterocycles. The van der Waals surface area contributed by atoms with E-state index in [-0.39, 0.29) is 12.4 Å². The Labute approximate surface area is 169 Å². The lowest BCUT2D eigenvalue weighted by molar-refractivity contribution is 0.144. The van der Waals surface area contributed by atoms with Crippen molar-refractivity contribution in [3.63, 3.8) is 0 Å². The summed E-state index contributed by atoms with van der Waals surface area (Å²) >= 11 is 7.58. The van der Waals surface area contributed by atoms with E-state index in [2.05, 4.69) is 0 Å². The monoisotopic (exact) mass is 405 g/mol. The van der Waals surface area contributed by atoms with Crippen LogP contribution in [0.1, 0.15) is 17.2 Å². The molecule has 0 saturated heterocycles. The highest BCUT2D eigenvalue weighted by molar-refractivity contribution is 7.99. The third-order valence-corrected chi connectivity index (χ3v) is 5.37. The first-order chi connectivity index (χ1) is 12.1. The van der Waals surface area contributed by atoms with Crippen LogP contribution in [0.15, 0.2) is 88.7 Å². The highest BCUT2D eigenvalue weighted by Gasteiger charge is 2.20. The van der Waals surface area contributed by atoms with Gasteiger partial charge in [-0.25, -0.2) is 0 Å². The van der Waals surface area contributed by atoms with E-state index in [1.54, 1.807) is 11.8 Å². The molecule has 0 aliphatic rings. The summed E-state index contributed by atoms with van der Waals surface area (Å²) < 4.78 is 0. The Morgan fingerprint density at radius 1 is 0.885 bits per heavy atom. The third-order valence-electron chi connectivity index (χ3n) is 4.02. The topological polar surface area (TPSA) is 46.2 Å². The van der Waals surface area contributed by atoms with Gasteiger partial charge in [-0.2, -0.15) is 0 Å². The first kappa shape index (κ1) is 20.8. The first-order valence-electron chi connectivity index (χ1n) is 8.13. The molecule has 3 rings (SSSR count). The lowest BCUT2D eigenvalue weighted by atomic mass is 9.97. The molecule has 0 heterocycles. The summed E-state index contributed by atoms with van der Waals surface area (Å²) in [4.78, 5) is 2.13. The molecule has 3 aromatic rings. The van der Waals surface area contributed by atoms with E-state index in [1.165, 1.54) is 0 Å². The Hall–Kier alpha value is -1.49. The smallest absolute Gasteiger partial charge is 0.0773 e. The number of hydrogen-bond donors (Lipinski definition) is 2. The van der Waals surface area contributed by atoms with E-state index in [4.69, 9.17) is 17.3 Å². The van der Waals surface area contributed by atoms with Crippen LogP contribution in [-0.4, -0.2) is 11.2 Å². The van der Waals surface area contributed by atoms with Crippen LogP contribution in [0.5, 0.6) is 0 Å². The van der Waals surface area contributed by atoms with Gasteiger partial charge in [-0.3, -0.25) is 0 Å². The summed E-state index contributed by atoms with van der Waals surface area (Å²) in [5.41, 5.74) is 8.41. The fraction of sp³-hybridized carbons (Fsp3) is 0.143. The molecule has 0 spiro atoms. The standard InChI is InChI=1S/C21H20ClNOS.ClH/c22-16-10-12-17(13-11-16)25-20-9-5-4-8-18(20)21(23)19(24)14-15-6-2-1-3-7-15;/h1-13,19,21,24H,14,23H2;1H/t19-,21+;/m0./s1. The van der Waals surface area contributed by atoms with Crippen molar-refractivity contribution in [3.8, 4) is 0 Å². The lowest BCUT2D eigenvalue weighted by Gasteiger charge is -2.22. The minimum absolute atomic E-state index is 0. The van der Waals surface area contributed by atoms with Crippen molar-refractivity contribution >= 4 is 35.8 Å². The Morgan fingerprint density at radius 3 is 2.19 bits per heavy atom. The molecule has 3 aromatic carbocycles. The summed E-state index contributed by atoms with van der Waals surface area (Å²) in [5, 5.41) is 11.3. The minimum atomic E-state index is -0.644. The molecule has 2 nitrogen and oxygen atoms in total. The number of benzene rings is 3. The van der Waals surface area contributed by atoms with Crippen LogP contribution in [0, 0.1) is 0 Å². The maximum Gasteiger partial charge on any atom is 0.0773 e. The zero-order valence-corrected chi connectivity index (χ0v) is 16.5. The van der Waals surface area contributed by atoms with Gasteiger partial charge in [-0.05, 0) is 41.5 Å². The Morgan fingerprint density at radius 2 is 1.50 bits per heavy atom. The van der Waals surface area contributed by atoms with Gasteiger partial charge in [0.05, 0.1) is 12.1 Å². The number of aliphatic hydroxyl groups excluding tert-OH is 1. The molecular weight excluding hydrogens is 385 g/mol. The highest BCUT2D eigenvalue weighted by Crippen LogP contribution is 2.34. The second kappa shape index (κ2) is 10.0. The number of halogens is 2. The summed E-state index contributed by atoms with van der Waals surface area (Å²) in [5.74, 6) is 0. The Balaban J connectivity index is 0.00000243. The third kappa shape index (κ3) is 5.50. The van der Waals surface area contributed by atoms with E-state index >= 15 is 0 Å². The van der Waals surface area contributed by atoms with Crippen molar-refractivity contribution in [2.45, 2.75) is 28.4 Å².